The summed E-state index contributed by atoms with van der Waals surface area (Å²) in [4.78, 5) is 97.7. The van der Waals surface area contributed by atoms with Crippen molar-refractivity contribution in [3.05, 3.63) is 123 Å². The molecule has 5 fully saturated rings. The summed E-state index contributed by atoms with van der Waals surface area (Å²) in [7, 11) is -2.05. The molecule has 36 nitrogen and oxygen atoms in total. The number of carbonyl (C=O) groups is 9. The van der Waals surface area contributed by atoms with Gasteiger partial charge in [-0.05, 0) is 80.4 Å². The Morgan fingerprint density at radius 1 is 0.583 bits per heavy atom. The minimum atomic E-state index is -3.15. The first kappa shape index (κ1) is 87.8. The summed E-state index contributed by atoms with van der Waals surface area (Å²) in [5, 5.41) is 81.5. The van der Waals surface area contributed by atoms with Gasteiger partial charge in [-0.3, -0.25) is 18.4 Å². The van der Waals surface area contributed by atoms with Crippen LogP contribution in [0.15, 0.2) is 84.8 Å². The van der Waals surface area contributed by atoms with Crippen LogP contribution in [-0.2, 0) is 97.8 Å². The smallest absolute Gasteiger partial charge is 0.463 e. The molecular weight excluding hydrogens is 1460 g/mol. The molecule has 39 heteroatoms. The van der Waals surface area contributed by atoms with E-state index in [9.17, 15) is 46.8 Å². The quantitative estimate of drug-likeness (QED) is 0.0319. The molecule has 0 amide bonds. The van der Waals surface area contributed by atoms with Crippen molar-refractivity contribution < 1.29 is 206 Å². The second-order valence-electron chi connectivity index (χ2n) is 18.9. The van der Waals surface area contributed by atoms with E-state index in [1.54, 1.807) is 43.2 Å². The van der Waals surface area contributed by atoms with Gasteiger partial charge in [0.05, 0.1) is 49.8 Å². The summed E-state index contributed by atoms with van der Waals surface area (Å²) in [6.45, 7) is 7.75. The second-order valence-corrected chi connectivity index (χ2v) is 21.9. The van der Waals surface area contributed by atoms with Gasteiger partial charge in [0.2, 0.25) is 0 Å². The Hall–Kier alpha value is -8.24. The molecule has 0 saturated carbocycles. The maximum atomic E-state index is 10.7. The molecule has 4 aromatic rings. The molecule has 8 atom stereocenters. The van der Waals surface area contributed by atoms with E-state index in [2.05, 4.69) is 47.9 Å². The SMILES string of the molecule is CCC(CO)OC(=O)O.COC(=O)O.Cc1cccc(C)c1COC(=O)O.O=C(O)OC1COC2OCCC12.O=C(O)OC1COC2OCCCC12.O=C(O)OC1[CH-]S(=O)(=O)CC1.O=C(O)OCc1ccccc1.O=C(O)OCc1cccnc1.O=C(O)OCc1cncs1.[Pr]. The first-order valence-corrected chi connectivity index (χ1v) is 30.4. The number of nitrogens with zero attached hydrogens (tertiary/aromatic N) is 2. The Bertz CT molecular complexity index is 2950. The van der Waals surface area contributed by atoms with Gasteiger partial charge in [-0.15, -0.1) is 11.3 Å². The van der Waals surface area contributed by atoms with Crippen LogP contribution in [0, 0.1) is 72.7 Å². The molecule has 8 unspecified atom stereocenters. The fraction of sp³-hybridized carbons (Fsp3) is 0.474. The van der Waals surface area contributed by atoms with Crippen molar-refractivity contribution in [3.63, 3.8) is 0 Å². The monoisotopic (exact) mass is 1540 g/mol. The largest absolute Gasteiger partial charge is 0.506 e. The Labute approximate surface area is 585 Å². The molecule has 533 valence electrons. The van der Waals surface area contributed by atoms with E-state index < -0.39 is 77.4 Å². The predicted octanol–water partition coefficient (Wildman–Crippen LogP) is 9.06. The van der Waals surface area contributed by atoms with Crippen LogP contribution in [0.4, 0.5) is 43.2 Å². The van der Waals surface area contributed by atoms with Gasteiger partial charge in [-0.2, -0.15) is 5.75 Å². The Balaban J connectivity index is 0.00000106. The number of ether oxygens (including phenoxy) is 13. The van der Waals surface area contributed by atoms with Gasteiger partial charge in [0.1, 0.15) is 44.7 Å². The summed E-state index contributed by atoms with van der Waals surface area (Å²) in [5.74, 6) is 1.09. The van der Waals surface area contributed by atoms with Crippen LogP contribution >= 0.6 is 11.3 Å². The number of aryl methyl sites for hydroxylation is 2. The van der Waals surface area contributed by atoms with Gasteiger partial charge in [-0.1, -0.05) is 61.5 Å². The van der Waals surface area contributed by atoms with Gasteiger partial charge in [0.25, 0.3) is 0 Å². The molecule has 9 rings (SSSR count). The molecule has 2 aromatic heterocycles. The Kier molecular flexibility index (Phi) is 45.9. The zero-order valence-corrected chi connectivity index (χ0v) is 57.3. The molecule has 2 aromatic carbocycles. The topological polar surface area (TPSA) is 536 Å². The number of aliphatic hydroxyl groups excluding tert-OH is 1. The molecule has 0 aliphatic carbocycles. The molecule has 96 heavy (non-hydrogen) atoms. The van der Waals surface area contributed by atoms with E-state index in [1.165, 1.54) is 11.3 Å². The van der Waals surface area contributed by atoms with E-state index in [-0.39, 0.29) is 123 Å². The molecule has 0 bridgehead atoms. The summed E-state index contributed by atoms with van der Waals surface area (Å²) >= 11 is 1.37. The number of pyridine rings is 1. The molecular formula is C57H75N2O34PrS2-. The minimum Gasteiger partial charge on any atom is -0.463 e. The van der Waals surface area contributed by atoms with Crippen LogP contribution in [0.1, 0.15) is 71.7 Å². The molecule has 7 heterocycles. The van der Waals surface area contributed by atoms with E-state index in [0.717, 1.165) is 64.8 Å². The van der Waals surface area contributed by atoms with E-state index in [1.807, 2.05) is 62.4 Å². The van der Waals surface area contributed by atoms with Gasteiger partial charge >= 0.3 is 55.4 Å². The molecule has 5 saturated heterocycles. The molecule has 0 spiro atoms. The van der Waals surface area contributed by atoms with E-state index in [0.29, 0.717) is 32.8 Å². The number of methoxy groups -OCH3 is 1. The number of sulfone groups is 1. The number of thiazole rings is 1. The van der Waals surface area contributed by atoms with Gasteiger partial charge in [0.15, 0.2) is 12.6 Å². The zero-order valence-electron chi connectivity index (χ0n) is 51.9. The van der Waals surface area contributed by atoms with Crippen LogP contribution in [0.25, 0.3) is 0 Å². The van der Waals surface area contributed by atoms with Crippen LogP contribution in [0.3, 0.4) is 0 Å². The number of hydrogen-bond donors (Lipinski definition) is 10. The number of rotatable bonds is 14. The third-order valence-electron chi connectivity index (χ3n) is 12.2. The average molecular weight is 1540 g/mol. The van der Waals surface area contributed by atoms with Crippen molar-refractivity contribution in [2.75, 3.05) is 45.9 Å². The van der Waals surface area contributed by atoms with Crippen LogP contribution in [0.2, 0.25) is 0 Å². The third kappa shape index (κ3) is 42.3. The maximum Gasteiger partial charge on any atom is 0.506 e. The fourth-order valence-electron chi connectivity index (χ4n) is 7.81. The third-order valence-corrected chi connectivity index (χ3v) is 14.5. The number of aliphatic hydroxyl groups is 1. The van der Waals surface area contributed by atoms with Crippen molar-refractivity contribution in [2.24, 2.45) is 11.8 Å². The molecule has 5 aliphatic heterocycles. The summed E-state index contributed by atoms with van der Waals surface area (Å²) in [5.41, 5.74) is 6.29. The minimum absolute atomic E-state index is 0. The second kappa shape index (κ2) is 50.2. The number of hydrogen-bond acceptors (Lipinski definition) is 28. The summed E-state index contributed by atoms with van der Waals surface area (Å²) in [6.07, 6.45) is -5.85. The predicted molar refractivity (Wildman–Crippen MR) is 319 cm³/mol. The average Bonchev–Trinajstić information content (AvgIpc) is 1.69. The maximum absolute atomic E-state index is 10.7. The van der Waals surface area contributed by atoms with Crippen molar-refractivity contribution in [1.29, 1.82) is 0 Å². The van der Waals surface area contributed by atoms with E-state index >= 15 is 0 Å². The van der Waals surface area contributed by atoms with Crippen LogP contribution in [0.5, 0.6) is 0 Å². The van der Waals surface area contributed by atoms with Crippen LogP contribution < -0.4 is 0 Å². The first-order chi connectivity index (χ1) is 45.0. The Morgan fingerprint density at radius 3 is 1.51 bits per heavy atom. The first-order valence-electron chi connectivity index (χ1n) is 27.8. The number of aromatic nitrogens is 2. The fourth-order valence-corrected chi connectivity index (χ4v) is 9.67. The molecule has 1 radical (unpaired) electrons. The zero-order chi connectivity index (χ0) is 71.3. The van der Waals surface area contributed by atoms with Crippen LogP contribution in [-0.4, -0.2) is 208 Å². The Morgan fingerprint density at radius 2 is 1.08 bits per heavy atom. The van der Waals surface area contributed by atoms with Gasteiger partial charge < -0.3 is 113 Å². The number of benzene rings is 2. The standard InChI is InChI=1S/C10H12O3.C8H12O5.C8H8O3.C7H7NO3.C7H10O5.C5H5NO3S.C5H7O5S.C5H10O4.C2H4O3.Pr/c1-7-4-3-5-8(2)9(7)6-13-10(11)12;9-8(10)13-6-4-12-7-5(6)2-1-3-11-7;9-8(10)11-6-7-4-2-1-3-5-7;9-7(10)11-5-6-2-1-3-8-4-6;8-7(9)12-5-3-11-6-4(5)1-2-10-6;7-5(8)9-2-4-1-6-3-10-4;6-5(7)10-4-1-2-11(8,9)3-4;1-2-4(3-6)9-5(7)8;1-5-2(3)4;/h3-5H,6H2,1-2H3,(H,11,12);5-7H,1-4H2,(H,9,10);1-5H,6H2,(H,9,10);1-4H,5H2,(H,9,10);4-6H,1-3H2,(H,8,9);1,3H,2H2,(H,7,8);3-4H,1-2H2,(H,6,7);4,6H,2-3H2,1H3,(H,7,8);1H3,(H,3,4);/q;;;;;;-1;;;. The number of fused-ring (bicyclic) bond motifs is 2. The molecule has 5 aliphatic rings. The summed E-state index contributed by atoms with van der Waals surface area (Å²) in [6, 6.07) is 18.4. The van der Waals surface area contributed by atoms with Gasteiger partial charge in [-0.25, -0.2) is 43.2 Å². The van der Waals surface area contributed by atoms with Gasteiger partial charge in [0, 0.05) is 93.6 Å². The number of carboxylic acid groups (broad SMARTS) is 9. The van der Waals surface area contributed by atoms with Crippen molar-refractivity contribution in [2.45, 2.75) is 116 Å². The summed E-state index contributed by atoms with van der Waals surface area (Å²) < 4.78 is 81.2. The van der Waals surface area contributed by atoms with Crippen molar-refractivity contribution in [1.82, 2.24) is 9.97 Å². The normalized spacial score (nSPS) is 19.2. The molecule has 10 N–H and O–H groups in total. The van der Waals surface area contributed by atoms with E-state index in [4.69, 9.17) is 79.5 Å². The van der Waals surface area contributed by atoms with Crippen molar-refractivity contribution in [3.8, 4) is 0 Å². The van der Waals surface area contributed by atoms with Crippen molar-refractivity contribution >= 4 is 76.6 Å².